The van der Waals surface area contributed by atoms with Crippen molar-refractivity contribution in [1.82, 2.24) is 4.98 Å². The molecule has 0 aliphatic heterocycles. The zero-order valence-electron chi connectivity index (χ0n) is 7.29. The van der Waals surface area contributed by atoms with Crippen LogP contribution in [0.1, 0.15) is 17.7 Å². The first-order valence-electron chi connectivity index (χ1n) is 3.60. The van der Waals surface area contributed by atoms with E-state index in [9.17, 15) is 17.2 Å². The number of hydrogen-bond acceptors (Lipinski definition) is 4. The monoisotopic (exact) mass is 378 g/mol. The summed E-state index contributed by atoms with van der Waals surface area (Å²) in [5.74, 6) is 0. The van der Waals surface area contributed by atoms with Crippen LogP contribution in [0.5, 0.6) is 0 Å². The summed E-state index contributed by atoms with van der Waals surface area (Å²) in [6.45, 7) is 0. The van der Waals surface area contributed by atoms with Gasteiger partial charge in [-0.3, -0.25) is 4.98 Å². The lowest BCUT2D eigenvalue weighted by atomic mass is 10.2. The van der Waals surface area contributed by atoms with Crippen molar-refractivity contribution in [2.24, 2.45) is 0 Å². The van der Waals surface area contributed by atoms with Gasteiger partial charge in [-0.25, -0.2) is 17.2 Å². The highest BCUT2D eigenvalue weighted by Gasteiger charge is 2.28. The standard InChI is InChI=1S/C7H2ClF2IN2O2S/c8-16(14,15)6-3(1-12)4(11)2-13-5(6)7(9)10/h2,7H. The van der Waals surface area contributed by atoms with E-state index in [1.165, 1.54) is 6.07 Å². The molecule has 1 aromatic rings. The normalized spacial score (nSPS) is 11.5. The third-order valence-corrected chi connectivity index (χ3v) is 3.76. The van der Waals surface area contributed by atoms with Crippen LogP contribution in [0, 0.1) is 14.9 Å². The molecular formula is C7H2ClF2IN2O2S. The second-order valence-electron chi connectivity index (χ2n) is 2.55. The Balaban J connectivity index is 3.77. The van der Waals surface area contributed by atoms with Crippen molar-refractivity contribution in [2.45, 2.75) is 11.3 Å². The predicted octanol–water partition coefficient (Wildman–Crippen LogP) is 2.42. The van der Waals surface area contributed by atoms with Crippen molar-refractivity contribution in [3.8, 4) is 6.07 Å². The molecular weight excluding hydrogens is 377 g/mol. The molecule has 0 fully saturated rings. The lowest BCUT2D eigenvalue weighted by Crippen LogP contribution is -2.06. The van der Waals surface area contributed by atoms with E-state index in [1.807, 2.05) is 0 Å². The van der Waals surface area contributed by atoms with Gasteiger partial charge in [0.2, 0.25) is 0 Å². The Hall–Kier alpha value is -0.530. The summed E-state index contributed by atoms with van der Waals surface area (Å²) in [6.07, 6.45) is -2.13. The molecule has 4 nitrogen and oxygen atoms in total. The smallest absolute Gasteiger partial charge is 0.253 e. The van der Waals surface area contributed by atoms with Crippen molar-refractivity contribution in [2.75, 3.05) is 0 Å². The largest absolute Gasteiger partial charge is 0.281 e. The Kier molecular flexibility index (Phi) is 4.03. The zero-order chi connectivity index (χ0) is 12.5. The average Bonchev–Trinajstić information content (AvgIpc) is 2.15. The molecule has 1 heterocycles. The SMILES string of the molecule is N#Cc1c(I)cnc(C(F)F)c1S(=O)(=O)Cl. The zero-order valence-corrected chi connectivity index (χ0v) is 11.0. The molecule has 0 atom stereocenters. The molecule has 0 aliphatic carbocycles. The van der Waals surface area contributed by atoms with Crippen LogP contribution in [-0.2, 0) is 9.05 Å². The number of alkyl halides is 2. The van der Waals surface area contributed by atoms with Crippen LogP contribution >= 0.6 is 33.3 Å². The van der Waals surface area contributed by atoms with Crippen LogP contribution in [-0.4, -0.2) is 13.4 Å². The van der Waals surface area contributed by atoms with Gasteiger partial charge >= 0.3 is 0 Å². The molecule has 86 valence electrons. The van der Waals surface area contributed by atoms with Crippen LogP contribution < -0.4 is 0 Å². The molecule has 0 N–H and O–H groups in total. The molecule has 1 aromatic heterocycles. The molecule has 0 amide bonds. The minimum Gasteiger partial charge on any atom is -0.253 e. The molecule has 0 aromatic carbocycles. The number of halogens is 4. The summed E-state index contributed by atoms with van der Waals surface area (Å²) in [4.78, 5) is 2.36. The van der Waals surface area contributed by atoms with Crippen LogP contribution in [0.4, 0.5) is 8.78 Å². The van der Waals surface area contributed by atoms with Gasteiger partial charge in [-0.15, -0.1) is 0 Å². The van der Waals surface area contributed by atoms with E-state index in [0.29, 0.717) is 0 Å². The summed E-state index contributed by atoms with van der Waals surface area (Å²) in [5, 5.41) is 8.72. The van der Waals surface area contributed by atoms with Gasteiger partial charge in [0.25, 0.3) is 15.5 Å². The fraction of sp³-hybridized carbons (Fsp3) is 0.143. The van der Waals surface area contributed by atoms with Gasteiger partial charge in [-0.2, -0.15) is 5.26 Å². The van der Waals surface area contributed by atoms with E-state index >= 15 is 0 Å². The lowest BCUT2D eigenvalue weighted by molar-refractivity contribution is 0.142. The fourth-order valence-corrected chi connectivity index (χ4v) is 2.96. The average molecular weight is 379 g/mol. The number of pyridine rings is 1. The maximum absolute atomic E-state index is 12.5. The minimum atomic E-state index is -4.44. The minimum absolute atomic E-state index is 0.142. The quantitative estimate of drug-likeness (QED) is 0.585. The van der Waals surface area contributed by atoms with E-state index in [-0.39, 0.29) is 3.57 Å². The maximum Gasteiger partial charge on any atom is 0.281 e. The molecule has 16 heavy (non-hydrogen) atoms. The highest BCUT2D eigenvalue weighted by molar-refractivity contribution is 14.1. The molecule has 0 saturated carbocycles. The third-order valence-electron chi connectivity index (χ3n) is 1.58. The van der Waals surface area contributed by atoms with Crippen LogP contribution in [0.2, 0.25) is 0 Å². The van der Waals surface area contributed by atoms with Gasteiger partial charge < -0.3 is 0 Å². The van der Waals surface area contributed by atoms with Gasteiger partial charge in [-0.1, -0.05) is 0 Å². The Morgan fingerprint density at radius 1 is 1.56 bits per heavy atom. The maximum atomic E-state index is 12.5. The van der Waals surface area contributed by atoms with E-state index in [2.05, 4.69) is 4.98 Å². The molecule has 0 aliphatic rings. The van der Waals surface area contributed by atoms with E-state index in [0.717, 1.165) is 6.20 Å². The van der Waals surface area contributed by atoms with E-state index in [4.69, 9.17) is 15.9 Å². The number of hydrogen-bond donors (Lipinski definition) is 0. The Morgan fingerprint density at radius 2 is 2.12 bits per heavy atom. The first kappa shape index (κ1) is 13.5. The first-order chi connectivity index (χ1) is 7.29. The third kappa shape index (κ3) is 2.58. The number of rotatable bonds is 2. The predicted molar refractivity (Wildman–Crippen MR) is 59.7 cm³/mol. The van der Waals surface area contributed by atoms with Crippen molar-refractivity contribution >= 4 is 42.3 Å². The lowest BCUT2D eigenvalue weighted by Gasteiger charge is -2.07. The summed E-state index contributed by atoms with van der Waals surface area (Å²) in [6, 6.07) is 1.52. The second-order valence-corrected chi connectivity index (χ2v) is 6.21. The van der Waals surface area contributed by atoms with Crippen molar-refractivity contribution in [1.29, 1.82) is 5.26 Å². The van der Waals surface area contributed by atoms with Gasteiger partial charge in [0, 0.05) is 16.9 Å². The summed E-state index contributed by atoms with van der Waals surface area (Å²) in [7, 11) is 0.567. The molecule has 0 saturated heterocycles. The van der Waals surface area contributed by atoms with Crippen LogP contribution in [0.3, 0.4) is 0 Å². The molecule has 9 heteroatoms. The van der Waals surface area contributed by atoms with Gasteiger partial charge in [0.05, 0.1) is 9.13 Å². The Labute approximate surface area is 108 Å². The van der Waals surface area contributed by atoms with Crippen molar-refractivity contribution in [3.05, 3.63) is 21.0 Å². The summed E-state index contributed by atoms with van der Waals surface area (Å²) in [5.41, 5.74) is -1.42. The molecule has 0 radical (unpaired) electrons. The van der Waals surface area contributed by atoms with E-state index < -0.39 is 31.6 Å². The molecule has 0 spiro atoms. The fourth-order valence-electron chi connectivity index (χ4n) is 0.992. The van der Waals surface area contributed by atoms with Crippen molar-refractivity contribution in [3.63, 3.8) is 0 Å². The number of aromatic nitrogens is 1. The summed E-state index contributed by atoms with van der Waals surface area (Å²) >= 11 is 1.61. The van der Waals surface area contributed by atoms with E-state index in [1.54, 1.807) is 22.6 Å². The highest BCUT2D eigenvalue weighted by atomic mass is 127. The highest BCUT2D eigenvalue weighted by Crippen LogP contribution is 2.31. The van der Waals surface area contributed by atoms with Gasteiger partial charge in [0.15, 0.2) is 0 Å². The topological polar surface area (TPSA) is 70.8 Å². The molecule has 0 bridgehead atoms. The Bertz CT molecular complexity index is 570. The molecule has 1 rings (SSSR count). The second kappa shape index (κ2) is 4.77. The molecule has 0 unspecified atom stereocenters. The van der Waals surface area contributed by atoms with Crippen LogP contribution in [0.25, 0.3) is 0 Å². The van der Waals surface area contributed by atoms with Gasteiger partial charge in [0.1, 0.15) is 16.7 Å². The van der Waals surface area contributed by atoms with Crippen LogP contribution in [0.15, 0.2) is 11.1 Å². The Morgan fingerprint density at radius 3 is 2.50 bits per heavy atom. The van der Waals surface area contributed by atoms with Gasteiger partial charge in [-0.05, 0) is 22.6 Å². The van der Waals surface area contributed by atoms with Crippen molar-refractivity contribution < 1.29 is 17.2 Å². The first-order valence-corrected chi connectivity index (χ1v) is 6.99. The number of nitriles is 1. The number of nitrogens with zero attached hydrogens (tertiary/aromatic N) is 2. The summed E-state index contributed by atoms with van der Waals surface area (Å²) < 4.78 is 47.4.